The van der Waals surface area contributed by atoms with Crippen LogP contribution in [-0.4, -0.2) is 47.3 Å². The highest BCUT2D eigenvalue weighted by atomic mass is 19.4. The molecule has 0 atom stereocenters. The minimum atomic E-state index is -4.55. The summed E-state index contributed by atoms with van der Waals surface area (Å²) >= 11 is 0. The van der Waals surface area contributed by atoms with Gasteiger partial charge in [-0.1, -0.05) is 6.07 Å². The largest absolute Gasteiger partial charge is 0.416 e. The van der Waals surface area contributed by atoms with E-state index in [2.05, 4.69) is 5.32 Å². The number of carbonyl (C=O) groups is 1. The van der Waals surface area contributed by atoms with Crippen LogP contribution in [0.15, 0.2) is 36.0 Å². The second-order valence-electron chi connectivity index (χ2n) is 4.67. The Morgan fingerprint density at radius 1 is 1.29 bits per heavy atom. The number of alkyl halides is 3. The summed E-state index contributed by atoms with van der Waals surface area (Å²) in [6.45, 7) is -0.347. The minimum Gasteiger partial charge on any atom is -0.395 e. The molecule has 3 N–H and O–H groups in total. The molecule has 0 spiro atoms. The van der Waals surface area contributed by atoms with Crippen molar-refractivity contribution in [2.24, 2.45) is 0 Å². The lowest BCUT2D eigenvalue weighted by molar-refractivity contribution is -0.137. The molecular weight excluding hydrogens is 327 g/mol. The minimum absolute atomic E-state index is 0.0859. The van der Waals surface area contributed by atoms with E-state index in [1.807, 2.05) is 0 Å². The summed E-state index contributed by atoms with van der Waals surface area (Å²) in [6.07, 6.45) is -3.41. The maximum absolute atomic E-state index is 12.6. The van der Waals surface area contributed by atoms with E-state index in [1.54, 1.807) is 6.07 Å². The van der Waals surface area contributed by atoms with Crippen molar-refractivity contribution in [3.8, 4) is 6.07 Å². The molecule has 0 radical (unpaired) electrons. The van der Waals surface area contributed by atoms with Crippen molar-refractivity contribution in [1.29, 1.82) is 5.26 Å². The number of benzene rings is 1. The monoisotopic (exact) mass is 343 g/mol. The first kappa shape index (κ1) is 19.5. The summed E-state index contributed by atoms with van der Waals surface area (Å²) in [5.74, 6) is -0.891. The molecule has 9 heteroatoms. The molecule has 1 rings (SSSR count). The third-order valence-corrected chi connectivity index (χ3v) is 2.90. The number of hydrogen-bond acceptors (Lipinski definition) is 5. The van der Waals surface area contributed by atoms with E-state index >= 15 is 0 Å². The van der Waals surface area contributed by atoms with Crippen molar-refractivity contribution in [2.75, 3.05) is 31.6 Å². The van der Waals surface area contributed by atoms with Crippen molar-refractivity contribution in [1.82, 2.24) is 4.90 Å². The molecular formula is C15H16F3N3O3. The molecule has 0 heterocycles. The molecule has 0 saturated heterocycles. The average molecular weight is 343 g/mol. The van der Waals surface area contributed by atoms with Crippen LogP contribution in [0.2, 0.25) is 0 Å². The molecule has 0 aliphatic carbocycles. The summed E-state index contributed by atoms with van der Waals surface area (Å²) in [5, 5.41) is 29.0. The van der Waals surface area contributed by atoms with Crippen molar-refractivity contribution in [3.63, 3.8) is 0 Å². The van der Waals surface area contributed by atoms with E-state index in [4.69, 9.17) is 15.5 Å². The summed E-state index contributed by atoms with van der Waals surface area (Å²) < 4.78 is 37.9. The van der Waals surface area contributed by atoms with Gasteiger partial charge >= 0.3 is 6.18 Å². The number of nitrogens with zero attached hydrogens (tertiary/aromatic N) is 2. The Morgan fingerprint density at radius 3 is 2.42 bits per heavy atom. The first-order chi connectivity index (χ1) is 11.3. The number of aliphatic hydroxyl groups is 2. The van der Waals surface area contributed by atoms with Gasteiger partial charge in [-0.2, -0.15) is 18.4 Å². The van der Waals surface area contributed by atoms with E-state index in [-0.39, 0.29) is 37.6 Å². The first-order valence-electron chi connectivity index (χ1n) is 6.88. The Kier molecular flexibility index (Phi) is 7.23. The smallest absolute Gasteiger partial charge is 0.395 e. The van der Waals surface area contributed by atoms with Crippen LogP contribution in [0.3, 0.4) is 0 Å². The third-order valence-electron chi connectivity index (χ3n) is 2.90. The van der Waals surface area contributed by atoms with Crippen molar-refractivity contribution >= 4 is 11.6 Å². The van der Waals surface area contributed by atoms with Gasteiger partial charge < -0.3 is 20.4 Å². The molecule has 0 aliphatic rings. The van der Waals surface area contributed by atoms with Crippen molar-refractivity contribution in [3.05, 3.63) is 41.6 Å². The van der Waals surface area contributed by atoms with Crippen LogP contribution in [0.5, 0.6) is 0 Å². The molecule has 1 aromatic carbocycles. The zero-order valence-electron chi connectivity index (χ0n) is 12.5. The first-order valence-corrected chi connectivity index (χ1v) is 6.88. The average Bonchev–Trinajstić information content (AvgIpc) is 2.52. The van der Waals surface area contributed by atoms with Gasteiger partial charge in [0.25, 0.3) is 5.91 Å². The Balaban J connectivity index is 2.94. The number of halogens is 3. The van der Waals surface area contributed by atoms with Gasteiger partial charge in [0.15, 0.2) is 0 Å². The number of amides is 1. The lowest BCUT2D eigenvalue weighted by atomic mass is 10.2. The van der Waals surface area contributed by atoms with Gasteiger partial charge in [-0.25, -0.2) is 0 Å². The van der Waals surface area contributed by atoms with E-state index < -0.39 is 17.6 Å². The van der Waals surface area contributed by atoms with Gasteiger partial charge in [-0.05, 0) is 18.2 Å². The standard InChI is InChI=1S/C15H16F3N3O3/c16-15(17,18)12-2-1-3-13(8-12)20-14(24)11(9-19)10-21(4-6-22)5-7-23/h1-3,8,10,22-23H,4-7H2,(H,20,24)/b11-10-. The van der Waals surface area contributed by atoms with Gasteiger partial charge in [0, 0.05) is 25.0 Å². The van der Waals surface area contributed by atoms with Gasteiger partial charge in [-0.3, -0.25) is 4.79 Å². The van der Waals surface area contributed by atoms with Crippen LogP contribution in [0.4, 0.5) is 18.9 Å². The second kappa shape index (κ2) is 8.90. The summed E-state index contributed by atoms with van der Waals surface area (Å²) in [4.78, 5) is 13.4. The normalized spacial score (nSPS) is 11.8. The number of carbonyl (C=O) groups excluding carboxylic acids is 1. The number of nitriles is 1. The molecule has 0 bridgehead atoms. The van der Waals surface area contributed by atoms with Crippen LogP contribution in [0.25, 0.3) is 0 Å². The fourth-order valence-electron chi connectivity index (χ4n) is 1.79. The van der Waals surface area contributed by atoms with Crippen LogP contribution in [0, 0.1) is 11.3 Å². The zero-order chi connectivity index (χ0) is 18.2. The molecule has 0 aliphatic heterocycles. The Labute approximate surface area is 136 Å². The SMILES string of the molecule is N#C/C(=C/N(CCO)CCO)C(=O)Nc1cccc(C(F)(F)F)c1. The van der Waals surface area contributed by atoms with E-state index in [1.165, 1.54) is 11.0 Å². The fourth-order valence-corrected chi connectivity index (χ4v) is 1.79. The number of nitrogens with one attached hydrogen (secondary N) is 1. The van der Waals surface area contributed by atoms with Crippen molar-refractivity contribution in [2.45, 2.75) is 6.18 Å². The van der Waals surface area contributed by atoms with Crippen LogP contribution >= 0.6 is 0 Å². The van der Waals surface area contributed by atoms with Gasteiger partial charge in [0.05, 0.1) is 18.8 Å². The molecule has 0 unspecified atom stereocenters. The summed E-state index contributed by atoms with van der Waals surface area (Å²) in [7, 11) is 0. The van der Waals surface area contributed by atoms with Crippen molar-refractivity contribution < 1.29 is 28.2 Å². The zero-order valence-corrected chi connectivity index (χ0v) is 12.5. The van der Waals surface area contributed by atoms with E-state index in [0.717, 1.165) is 24.4 Å². The van der Waals surface area contributed by atoms with Gasteiger partial charge in [0.1, 0.15) is 11.6 Å². The summed E-state index contributed by atoms with van der Waals surface area (Å²) in [5.41, 5.74) is -1.40. The van der Waals surface area contributed by atoms with Crippen LogP contribution in [-0.2, 0) is 11.0 Å². The molecule has 0 fully saturated rings. The topological polar surface area (TPSA) is 96.6 Å². The van der Waals surface area contributed by atoms with Gasteiger partial charge in [0.2, 0.25) is 0 Å². The molecule has 1 amide bonds. The molecule has 130 valence electrons. The number of aliphatic hydroxyl groups excluding tert-OH is 2. The van der Waals surface area contributed by atoms with E-state index in [9.17, 15) is 18.0 Å². The Morgan fingerprint density at radius 2 is 1.92 bits per heavy atom. The van der Waals surface area contributed by atoms with Crippen LogP contribution in [0.1, 0.15) is 5.56 Å². The maximum Gasteiger partial charge on any atom is 0.416 e. The number of hydrogen-bond donors (Lipinski definition) is 3. The Hall–Kier alpha value is -2.57. The fraction of sp³-hybridized carbons (Fsp3) is 0.333. The highest BCUT2D eigenvalue weighted by Gasteiger charge is 2.30. The quantitative estimate of drug-likeness (QED) is 0.513. The Bertz CT molecular complexity index is 633. The second-order valence-corrected chi connectivity index (χ2v) is 4.67. The van der Waals surface area contributed by atoms with Gasteiger partial charge in [-0.15, -0.1) is 0 Å². The lowest BCUT2D eigenvalue weighted by Gasteiger charge is -2.18. The predicted octanol–water partition coefficient (Wildman–Crippen LogP) is 1.34. The third kappa shape index (κ3) is 5.91. The molecule has 0 saturated carbocycles. The predicted molar refractivity (Wildman–Crippen MR) is 79.5 cm³/mol. The highest BCUT2D eigenvalue weighted by molar-refractivity contribution is 6.06. The van der Waals surface area contributed by atoms with Crippen LogP contribution < -0.4 is 5.32 Å². The highest BCUT2D eigenvalue weighted by Crippen LogP contribution is 2.30. The lowest BCUT2D eigenvalue weighted by Crippen LogP contribution is -2.26. The molecule has 6 nitrogen and oxygen atoms in total. The van der Waals surface area contributed by atoms with E-state index in [0.29, 0.717) is 0 Å². The molecule has 1 aromatic rings. The molecule has 0 aromatic heterocycles. The molecule has 24 heavy (non-hydrogen) atoms. The number of rotatable bonds is 7. The maximum atomic E-state index is 12.6. The summed E-state index contributed by atoms with van der Waals surface area (Å²) in [6, 6.07) is 5.66. The number of anilines is 1.